The second-order valence-electron chi connectivity index (χ2n) is 7.20. The third kappa shape index (κ3) is 2.81. The van der Waals surface area contributed by atoms with E-state index in [1.54, 1.807) is 6.07 Å². The molecule has 0 amide bonds. The van der Waals surface area contributed by atoms with Crippen LogP contribution in [0.4, 0.5) is 11.6 Å². The van der Waals surface area contributed by atoms with Crippen molar-refractivity contribution in [3.8, 4) is 0 Å². The van der Waals surface area contributed by atoms with Crippen molar-refractivity contribution in [3.63, 3.8) is 0 Å². The minimum Gasteiger partial charge on any atom is -0.353 e. The first-order chi connectivity index (χ1) is 13.5. The highest BCUT2D eigenvalue weighted by Gasteiger charge is 2.31. The molecular weight excluding hydrogens is 378 g/mol. The summed E-state index contributed by atoms with van der Waals surface area (Å²) in [5, 5.41) is 15.0. The molecule has 8 heteroatoms. The highest BCUT2D eigenvalue weighted by atomic mass is 35.5. The van der Waals surface area contributed by atoms with Gasteiger partial charge in [-0.2, -0.15) is 0 Å². The number of aromatic nitrogens is 3. The lowest BCUT2D eigenvalue weighted by Gasteiger charge is -2.17. The number of halogens is 1. The van der Waals surface area contributed by atoms with Gasteiger partial charge in [-0.1, -0.05) is 31.5 Å². The molecule has 0 bridgehead atoms. The number of nitrogens with zero attached hydrogens (tertiary/aromatic N) is 4. The van der Waals surface area contributed by atoms with Crippen LogP contribution in [0.2, 0.25) is 5.02 Å². The van der Waals surface area contributed by atoms with Gasteiger partial charge in [-0.15, -0.1) is 0 Å². The van der Waals surface area contributed by atoms with Crippen molar-refractivity contribution in [2.75, 3.05) is 11.9 Å². The summed E-state index contributed by atoms with van der Waals surface area (Å²) in [6, 6.07) is 5.47. The number of fused-ring (bicyclic) bond motifs is 3. The van der Waals surface area contributed by atoms with Crippen molar-refractivity contribution in [1.82, 2.24) is 14.5 Å². The second kappa shape index (κ2) is 7.05. The molecule has 0 saturated carbocycles. The molecule has 0 saturated heterocycles. The zero-order valence-corrected chi connectivity index (χ0v) is 16.8. The molecule has 1 unspecified atom stereocenters. The number of anilines is 1. The molecule has 1 aliphatic rings. The minimum atomic E-state index is -0.423. The fourth-order valence-corrected chi connectivity index (χ4v) is 4.43. The summed E-state index contributed by atoms with van der Waals surface area (Å²) >= 11 is 6.61. The Morgan fingerprint density at radius 2 is 2.14 bits per heavy atom. The van der Waals surface area contributed by atoms with Crippen LogP contribution in [-0.4, -0.2) is 26.0 Å². The molecule has 1 N–H and O–H groups in total. The number of hydrogen-bond donors (Lipinski definition) is 1. The normalized spacial score (nSPS) is 15.8. The Hall–Kier alpha value is -2.67. The predicted molar refractivity (Wildman–Crippen MR) is 110 cm³/mol. The highest BCUT2D eigenvalue weighted by molar-refractivity contribution is 6.35. The molecule has 0 aliphatic carbocycles. The van der Waals surface area contributed by atoms with E-state index in [2.05, 4.69) is 34.8 Å². The first-order valence-corrected chi connectivity index (χ1v) is 9.89. The SMILES string of the molecule is CCC(CC)c1ccc(Cl)c2c1nc1n2C(c2ncc([N+](=O)[O-])cc2C)CN1. The van der Waals surface area contributed by atoms with E-state index in [1.807, 2.05) is 13.0 Å². The molecule has 7 nitrogen and oxygen atoms in total. The molecular formula is C20H22ClN5O2. The summed E-state index contributed by atoms with van der Waals surface area (Å²) in [7, 11) is 0. The van der Waals surface area contributed by atoms with Crippen molar-refractivity contribution < 1.29 is 4.92 Å². The lowest BCUT2D eigenvalue weighted by Crippen LogP contribution is -2.14. The molecule has 1 aromatic carbocycles. The van der Waals surface area contributed by atoms with Crippen molar-refractivity contribution >= 4 is 34.3 Å². The van der Waals surface area contributed by atoms with Gasteiger partial charge in [0.05, 0.1) is 32.7 Å². The first-order valence-electron chi connectivity index (χ1n) is 9.51. The van der Waals surface area contributed by atoms with E-state index in [1.165, 1.54) is 11.8 Å². The molecule has 0 spiro atoms. The third-order valence-corrected chi connectivity index (χ3v) is 5.95. The molecule has 3 aromatic rings. The molecule has 3 heterocycles. The van der Waals surface area contributed by atoms with Crippen LogP contribution < -0.4 is 5.32 Å². The van der Waals surface area contributed by atoms with E-state index in [0.717, 1.165) is 41.1 Å². The number of rotatable bonds is 5. The van der Waals surface area contributed by atoms with Crippen LogP contribution in [-0.2, 0) is 0 Å². The topological polar surface area (TPSA) is 85.9 Å². The summed E-state index contributed by atoms with van der Waals surface area (Å²) in [4.78, 5) is 19.9. The minimum absolute atomic E-state index is 0.00280. The Labute approximate surface area is 167 Å². The summed E-state index contributed by atoms with van der Waals surface area (Å²) in [5.41, 5.74) is 4.60. The zero-order valence-electron chi connectivity index (χ0n) is 16.1. The van der Waals surface area contributed by atoms with Crippen molar-refractivity contribution in [2.45, 2.75) is 45.6 Å². The summed E-state index contributed by atoms with van der Waals surface area (Å²) in [6.45, 7) is 6.84. The van der Waals surface area contributed by atoms with Crippen LogP contribution in [0.1, 0.15) is 55.5 Å². The average molecular weight is 400 g/mol. The first kappa shape index (κ1) is 18.7. The fraction of sp³-hybridized carbons (Fsp3) is 0.400. The summed E-state index contributed by atoms with van der Waals surface area (Å²) < 4.78 is 2.09. The summed E-state index contributed by atoms with van der Waals surface area (Å²) in [6.07, 6.45) is 3.39. The maximum absolute atomic E-state index is 11.0. The van der Waals surface area contributed by atoms with Crippen molar-refractivity contribution in [1.29, 1.82) is 0 Å². The van der Waals surface area contributed by atoms with E-state index >= 15 is 0 Å². The fourth-order valence-electron chi connectivity index (χ4n) is 4.19. The van der Waals surface area contributed by atoms with Crippen LogP contribution >= 0.6 is 11.6 Å². The van der Waals surface area contributed by atoms with Gasteiger partial charge in [-0.25, -0.2) is 4.98 Å². The molecule has 1 aliphatic heterocycles. The Morgan fingerprint density at radius 1 is 1.39 bits per heavy atom. The smallest absolute Gasteiger partial charge is 0.287 e. The number of aryl methyl sites for hydroxylation is 1. The molecule has 2 aromatic heterocycles. The van der Waals surface area contributed by atoms with Gasteiger partial charge < -0.3 is 5.32 Å². The van der Waals surface area contributed by atoms with Gasteiger partial charge in [0.15, 0.2) is 0 Å². The van der Waals surface area contributed by atoms with E-state index in [4.69, 9.17) is 16.6 Å². The molecule has 4 rings (SSSR count). The largest absolute Gasteiger partial charge is 0.353 e. The maximum atomic E-state index is 11.0. The number of nitrogens with one attached hydrogen (secondary N) is 1. The quantitative estimate of drug-likeness (QED) is 0.469. The van der Waals surface area contributed by atoms with Crippen LogP contribution in [0, 0.1) is 17.0 Å². The van der Waals surface area contributed by atoms with E-state index in [9.17, 15) is 10.1 Å². The van der Waals surface area contributed by atoms with E-state index in [-0.39, 0.29) is 11.7 Å². The number of imidazole rings is 1. The van der Waals surface area contributed by atoms with Crippen LogP contribution in [0.25, 0.3) is 11.0 Å². The van der Waals surface area contributed by atoms with Crippen LogP contribution in [0.3, 0.4) is 0 Å². The number of nitro groups is 1. The Balaban J connectivity index is 1.88. The van der Waals surface area contributed by atoms with Gasteiger partial charge in [0.25, 0.3) is 5.69 Å². The van der Waals surface area contributed by atoms with Crippen LogP contribution in [0.15, 0.2) is 24.4 Å². The lowest BCUT2D eigenvalue weighted by molar-refractivity contribution is -0.385. The Bertz CT molecular complexity index is 1070. The third-order valence-electron chi connectivity index (χ3n) is 5.64. The molecule has 1 atom stereocenters. The predicted octanol–water partition coefficient (Wildman–Crippen LogP) is 5.22. The number of hydrogen-bond acceptors (Lipinski definition) is 5. The maximum Gasteiger partial charge on any atom is 0.287 e. The molecule has 0 fully saturated rings. The number of pyridine rings is 1. The Kier molecular flexibility index (Phi) is 4.71. The van der Waals surface area contributed by atoms with E-state index < -0.39 is 4.92 Å². The van der Waals surface area contributed by atoms with Gasteiger partial charge in [0.1, 0.15) is 6.20 Å². The number of benzene rings is 1. The van der Waals surface area contributed by atoms with Gasteiger partial charge in [0, 0.05) is 12.6 Å². The summed E-state index contributed by atoms with van der Waals surface area (Å²) in [5.74, 6) is 1.19. The van der Waals surface area contributed by atoms with E-state index in [0.29, 0.717) is 17.5 Å². The van der Waals surface area contributed by atoms with Gasteiger partial charge in [-0.3, -0.25) is 19.7 Å². The van der Waals surface area contributed by atoms with Crippen molar-refractivity contribution in [2.24, 2.45) is 0 Å². The second-order valence-corrected chi connectivity index (χ2v) is 7.61. The standard InChI is InChI=1S/C20H22ClN5O2/c1-4-12(5-2)14-6-7-15(21)19-18(14)24-20-23-10-16(25(19)20)17-11(3)8-13(9-22-17)26(27)28/h6-9,12,16H,4-5,10H2,1-3H3,(H,23,24). The van der Waals surface area contributed by atoms with Crippen molar-refractivity contribution in [3.05, 3.63) is 56.4 Å². The lowest BCUT2D eigenvalue weighted by atomic mass is 9.93. The van der Waals surface area contributed by atoms with Gasteiger partial charge >= 0.3 is 0 Å². The Morgan fingerprint density at radius 3 is 2.79 bits per heavy atom. The molecule has 146 valence electrons. The molecule has 0 radical (unpaired) electrons. The average Bonchev–Trinajstić information content (AvgIpc) is 3.24. The molecule has 28 heavy (non-hydrogen) atoms. The zero-order chi connectivity index (χ0) is 20.0. The van der Waals surface area contributed by atoms with Gasteiger partial charge in [0.2, 0.25) is 5.95 Å². The van der Waals surface area contributed by atoms with Crippen LogP contribution in [0.5, 0.6) is 0 Å². The monoisotopic (exact) mass is 399 g/mol. The highest BCUT2D eigenvalue weighted by Crippen LogP contribution is 2.40. The van der Waals surface area contributed by atoms with Gasteiger partial charge in [-0.05, 0) is 42.9 Å².